The van der Waals surface area contributed by atoms with Crippen molar-refractivity contribution < 1.29 is 9.59 Å². The van der Waals surface area contributed by atoms with Crippen LogP contribution in [0.2, 0.25) is 0 Å². The third kappa shape index (κ3) is 3.65. The van der Waals surface area contributed by atoms with Crippen LogP contribution in [-0.2, 0) is 9.59 Å². The van der Waals surface area contributed by atoms with Gasteiger partial charge in [-0.1, -0.05) is 20.3 Å². The Labute approximate surface area is 119 Å². The van der Waals surface area contributed by atoms with E-state index in [0.29, 0.717) is 18.9 Å². The predicted octanol–water partition coefficient (Wildman–Crippen LogP) is 1.50. The van der Waals surface area contributed by atoms with Gasteiger partial charge in [-0.2, -0.15) is 11.8 Å². The Morgan fingerprint density at radius 3 is 2.89 bits per heavy atom. The second-order valence-corrected chi connectivity index (χ2v) is 6.84. The Morgan fingerprint density at radius 1 is 1.47 bits per heavy atom. The fourth-order valence-corrected chi connectivity index (χ4v) is 3.96. The molecule has 1 N–H and O–H groups in total. The molecule has 0 aliphatic carbocycles. The van der Waals surface area contributed by atoms with Crippen LogP contribution in [0.1, 0.15) is 33.1 Å². The van der Waals surface area contributed by atoms with E-state index in [0.717, 1.165) is 18.7 Å². The third-order valence-corrected chi connectivity index (χ3v) is 5.45. The van der Waals surface area contributed by atoms with E-state index in [-0.39, 0.29) is 23.8 Å². The van der Waals surface area contributed by atoms with Gasteiger partial charge in [-0.05, 0) is 29.8 Å². The summed E-state index contributed by atoms with van der Waals surface area (Å²) in [6.07, 6.45) is 2.55. The maximum Gasteiger partial charge on any atom is 0.245 e. The van der Waals surface area contributed by atoms with Crippen molar-refractivity contribution in [3.63, 3.8) is 0 Å². The van der Waals surface area contributed by atoms with E-state index in [1.54, 1.807) is 0 Å². The third-order valence-electron chi connectivity index (χ3n) is 4.22. The van der Waals surface area contributed by atoms with Crippen molar-refractivity contribution in [3.8, 4) is 0 Å². The van der Waals surface area contributed by atoms with Gasteiger partial charge in [0.2, 0.25) is 11.8 Å². The highest BCUT2D eigenvalue weighted by atomic mass is 32.2. The molecular formula is C14H24N2O2S. The van der Waals surface area contributed by atoms with Crippen LogP contribution in [0.4, 0.5) is 0 Å². The smallest absolute Gasteiger partial charge is 0.245 e. The minimum atomic E-state index is -0.325. The van der Waals surface area contributed by atoms with Gasteiger partial charge in [0.1, 0.15) is 6.04 Å². The molecule has 2 rings (SSSR count). The number of thioether (sulfide) groups is 1. The van der Waals surface area contributed by atoms with Crippen LogP contribution < -0.4 is 5.32 Å². The molecule has 0 spiro atoms. The minimum absolute atomic E-state index is 0.0157. The van der Waals surface area contributed by atoms with Gasteiger partial charge in [0, 0.05) is 19.5 Å². The summed E-state index contributed by atoms with van der Waals surface area (Å²) in [7, 11) is 0. The molecule has 2 fully saturated rings. The number of carbonyl (C=O) groups excluding carboxylic acids is 2. The van der Waals surface area contributed by atoms with E-state index in [2.05, 4.69) is 12.2 Å². The normalized spacial score (nSPS) is 30.1. The van der Waals surface area contributed by atoms with Gasteiger partial charge in [-0.25, -0.2) is 0 Å². The van der Waals surface area contributed by atoms with Crippen molar-refractivity contribution in [1.29, 1.82) is 0 Å². The number of nitrogens with one attached hydrogen (secondary N) is 1. The zero-order valence-corrected chi connectivity index (χ0v) is 12.7. The van der Waals surface area contributed by atoms with E-state index in [9.17, 15) is 9.59 Å². The average molecular weight is 284 g/mol. The van der Waals surface area contributed by atoms with E-state index < -0.39 is 0 Å². The molecule has 2 aliphatic heterocycles. The standard InChI is InChI=1S/C14H24N2O2S/c1-3-10(2)13-14(18)16(6-4-12(17)15-13)8-11-5-7-19-9-11/h10-11,13H,3-9H2,1-2H3,(H,15,17). The molecule has 19 heavy (non-hydrogen) atoms. The summed E-state index contributed by atoms with van der Waals surface area (Å²) in [4.78, 5) is 26.3. The van der Waals surface area contributed by atoms with Gasteiger partial charge >= 0.3 is 0 Å². The quantitative estimate of drug-likeness (QED) is 0.851. The lowest BCUT2D eigenvalue weighted by Crippen LogP contribution is -2.49. The predicted molar refractivity (Wildman–Crippen MR) is 78.0 cm³/mol. The van der Waals surface area contributed by atoms with Crippen molar-refractivity contribution in [2.75, 3.05) is 24.6 Å². The van der Waals surface area contributed by atoms with Gasteiger partial charge in [0.05, 0.1) is 0 Å². The molecule has 0 radical (unpaired) electrons. The maximum absolute atomic E-state index is 12.6. The van der Waals surface area contributed by atoms with Crippen molar-refractivity contribution in [2.24, 2.45) is 11.8 Å². The molecule has 0 saturated carbocycles. The summed E-state index contributed by atoms with van der Waals surface area (Å²) in [5.74, 6) is 3.31. The topological polar surface area (TPSA) is 49.4 Å². The first-order valence-corrected chi connectivity index (χ1v) is 8.43. The number of nitrogens with zero attached hydrogens (tertiary/aromatic N) is 1. The van der Waals surface area contributed by atoms with Crippen LogP contribution in [0.25, 0.3) is 0 Å². The number of rotatable bonds is 4. The molecule has 0 aromatic carbocycles. The van der Waals surface area contributed by atoms with Crippen LogP contribution in [0, 0.1) is 11.8 Å². The first-order chi connectivity index (χ1) is 9.11. The Hall–Kier alpha value is -0.710. The lowest BCUT2D eigenvalue weighted by atomic mass is 9.97. The molecular weight excluding hydrogens is 260 g/mol. The molecule has 3 unspecified atom stereocenters. The summed E-state index contributed by atoms with van der Waals surface area (Å²) < 4.78 is 0. The van der Waals surface area contributed by atoms with Gasteiger partial charge in [0.25, 0.3) is 0 Å². The summed E-state index contributed by atoms with van der Waals surface area (Å²) >= 11 is 1.97. The SMILES string of the molecule is CCC(C)C1NC(=O)CCN(CC2CCSC2)C1=O. The first-order valence-electron chi connectivity index (χ1n) is 7.27. The second-order valence-electron chi connectivity index (χ2n) is 5.69. The van der Waals surface area contributed by atoms with Gasteiger partial charge < -0.3 is 10.2 Å². The number of hydrogen-bond acceptors (Lipinski definition) is 3. The summed E-state index contributed by atoms with van der Waals surface area (Å²) in [6, 6.07) is -0.325. The highest BCUT2D eigenvalue weighted by Crippen LogP contribution is 2.25. The molecule has 2 heterocycles. The Bertz CT molecular complexity index is 342. The Kier molecular flexibility index (Phi) is 5.13. The van der Waals surface area contributed by atoms with E-state index in [1.165, 1.54) is 12.2 Å². The number of hydrogen-bond donors (Lipinski definition) is 1. The average Bonchev–Trinajstić information content (AvgIpc) is 2.87. The highest BCUT2D eigenvalue weighted by Gasteiger charge is 2.34. The Balaban J connectivity index is 2.04. The molecule has 108 valence electrons. The second kappa shape index (κ2) is 6.64. The van der Waals surface area contributed by atoms with E-state index >= 15 is 0 Å². The molecule has 0 bridgehead atoms. The van der Waals surface area contributed by atoms with Crippen LogP contribution in [0.15, 0.2) is 0 Å². The molecule has 3 atom stereocenters. The highest BCUT2D eigenvalue weighted by molar-refractivity contribution is 7.99. The largest absolute Gasteiger partial charge is 0.344 e. The maximum atomic E-state index is 12.6. The van der Waals surface area contributed by atoms with Crippen LogP contribution >= 0.6 is 11.8 Å². The zero-order chi connectivity index (χ0) is 13.8. The summed E-state index contributed by atoms with van der Waals surface area (Å²) in [5, 5.41) is 2.90. The minimum Gasteiger partial charge on any atom is -0.344 e. The molecule has 0 aromatic rings. The monoisotopic (exact) mass is 284 g/mol. The first kappa shape index (κ1) is 14.7. The lowest BCUT2D eigenvalue weighted by Gasteiger charge is -2.28. The molecule has 5 heteroatoms. The van der Waals surface area contributed by atoms with Crippen LogP contribution in [0.3, 0.4) is 0 Å². The lowest BCUT2D eigenvalue weighted by molar-refractivity contribution is -0.135. The van der Waals surface area contributed by atoms with Crippen molar-refractivity contribution in [1.82, 2.24) is 10.2 Å². The van der Waals surface area contributed by atoms with E-state index in [1.807, 2.05) is 23.6 Å². The van der Waals surface area contributed by atoms with Crippen molar-refractivity contribution in [3.05, 3.63) is 0 Å². The van der Waals surface area contributed by atoms with Crippen molar-refractivity contribution >= 4 is 23.6 Å². The molecule has 2 aliphatic rings. The Morgan fingerprint density at radius 2 is 2.26 bits per heavy atom. The molecule has 2 amide bonds. The van der Waals surface area contributed by atoms with Gasteiger partial charge in [0.15, 0.2) is 0 Å². The van der Waals surface area contributed by atoms with Gasteiger partial charge in [-0.15, -0.1) is 0 Å². The fraction of sp³-hybridized carbons (Fsp3) is 0.857. The number of amides is 2. The summed E-state index contributed by atoms with van der Waals surface area (Å²) in [6.45, 7) is 5.51. The van der Waals surface area contributed by atoms with E-state index in [4.69, 9.17) is 0 Å². The molecule has 2 saturated heterocycles. The van der Waals surface area contributed by atoms with Crippen molar-refractivity contribution in [2.45, 2.75) is 39.2 Å². The molecule has 4 nitrogen and oxygen atoms in total. The summed E-state index contributed by atoms with van der Waals surface area (Å²) in [5.41, 5.74) is 0. The van der Waals surface area contributed by atoms with Crippen LogP contribution in [0.5, 0.6) is 0 Å². The van der Waals surface area contributed by atoms with Gasteiger partial charge in [-0.3, -0.25) is 9.59 Å². The number of carbonyl (C=O) groups is 2. The fourth-order valence-electron chi connectivity index (χ4n) is 2.69. The zero-order valence-electron chi connectivity index (χ0n) is 11.9. The molecule has 0 aromatic heterocycles. The van der Waals surface area contributed by atoms with Crippen LogP contribution in [-0.4, -0.2) is 47.4 Å².